The summed E-state index contributed by atoms with van der Waals surface area (Å²) in [5, 5.41) is 4.92. The molecule has 3 heterocycles. The maximum atomic E-state index is 12.3. The Labute approximate surface area is 140 Å². The van der Waals surface area contributed by atoms with Crippen LogP contribution in [0.25, 0.3) is 10.9 Å². The molecule has 4 rings (SSSR count). The van der Waals surface area contributed by atoms with E-state index in [0.29, 0.717) is 11.6 Å². The lowest BCUT2D eigenvalue weighted by molar-refractivity contribution is 0.0704. The second kappa shape index (κ2) is 6.53. The number of nitrogens with zero attached hydrogens (tertiary/aromatic N) is 1. The average Bonchev–Trinajstić information content (AvgIpc) is 3.31. The third-order valence-electron chi connectivity index (χ3n) is 4.82. The van der Waals surface area contributed by atoms with Crippen LogP contribution in [0.3, 0.4) is 0 Å². The van der Waals surface area contributed by atoms with E-state index >= 15 is 0 Å². The maximum Gasteiger partial charge on any atom is 0.257 e. The van der Waals surface area contributed by atoms with Crippen molar-refractivity contribution in [2.24, 2.45) is 0 Å². The van der Waals surface area contributed by atoms with E-state index in [1.54, 1.807) is 12.3 Å². The van der Waals surface area contributed by atoms with Gasteiger partial charge >= 0.3 is 0 Å². The molecule has 0 unspecified atom stereocenters. The first-order valence-corrected chi connectivity index (χ1v) is 8.41. The Morgan fingerprint density at radius 3 is 2.92 bits per heavy atom. The van der Waals surface area contributed by atoms with E-state index in [1.165, 1.54) is 22.7 Å². The van der Waals surface area contributed by atoms with Crippen molar-refractivity contribution in [1.82, 2.24) is 15.2 Å². The quantitative estimate of drug-likeness (QED) is 0.775. The summed E-state index contributed by atoms with van der Waals surface area (Å²) in [6.07, 6.45) is 7.00. The minimum Gasteiger partial charge on any atom is -0.472 e. The second-order valence-electron chi connectivity index (χ2n) is 6.32. The fourth-order valence-electron chi connectivity index (χ4n) is 3.41. The van der Waals surface area contributed by atoms with Crippen molar-refractivity contribution < 1.29 is 9.21 Å². The number of aromatic amines is 1. The van der Waals surface area contributed by atoms with Crippen LogP contribution in [0, 0.1) is 0 Å². The van der Waals surface area contributed by atoms with Crippen molar-refractivity contribution in [2.75, 3.05) is 13.1 Å². The van der Waals surface area contributed by atoms with Crippen molar-refractivity contribution in [3.8, 4) is 0 Å². The molecule has 0 atom stereocenters. The van der Waals surface area contributed by atoms with Gasteiger partial charge < -0.3 is 19.6 Å². The van der Waals surface area contributed by atoms with Gasteiger partial charge in [-0.3, -0.25) is 4.79 Å². The second-order valence-corrected chi connectivity index (χ2v) is 6.32. The highest BCUT2D eigenvalue weighted by molar-refractivity contribution is 5.93. The summed E-state index contributed by atoms with van der Waals surface area (Å²) in [4.78, 5) is 17.5. The predicted octanol–water partition coefficient (Wildman–Crippen LogP) is 3.16. The van der Waals surface area contributed by atoms with Crippen LogP contribution in [0.15, 0.2) is 53.5 Å². The summed E-state index contributed by atoms with van der Waals surface area (Å²) < 4.78 is 5.00. The number of carbonyl (C=O) groups excluding carboxylic acids is 1. The number of aromatic nitrogens is 1. The number of nitrogens with one attached hydrogen (secondary N) is 2. The molecule has 2 aromatic heterocycles. The molecule has 0 radical (unpaired) electrons. The number of fused-ring (bicyclic) bond motifs is 1. The summed E-state index contributed by atoms with van der Waals surface area (Å²) in [5.41, 5.74) is 3.13. The summed E-state index contributed by atoms with van der Waals surface area (Å²) in [6, 6.07) is 10.7. The van der Waals surface area contributed by atoms with Gasteiger partial charge in [-0.2, -0.15) is 0 Å². The van der Waals surface area contributed by atoms with Gasteiger partial charge in [0.15, 0.2) is 0 Å². The number of furan rings is 1. The molecule has 0 aliphatic carbocycles. The number of hydrogen-bond acceptors (Lipinski definition) is 3. The Kier molecular flexibility index (Phi) is 4.09. The van der Waals surface area contributed by atoms with Crippen molar-refractivity contribution in [1.29, 1.82) is 0 Å². The molecule has 1 aliphatic heterocycles. The summed E-state index contributed by atoms with van der Waals surface area (Å²) in [7, 11) is 0. The number of rotatable bonds is 4. The zero-order chi connectivity index (χ0) is 16.4. The highest BCUT2D eigenvalue weighted by atomic mass is 16.3. The summed E-state index contributed by atoms with van der Waals surface area (Å²) in [6.45, 7) is 2.43. The van der Waals surface area contributed by atoms with Gasteiger partial charge in [0.05, 0.1) is 11.8 Å². The molecule has 5 nitrogen and oxygen atoms in total. The molecule has 0 spiro atoms. The molecule has 124 valence electrons. The largest absolute Gasteiger partial charge is 0.472 e. The van der Waals surface area contributed by atoms with Crippen LogP contribution >= 0.6 is 0 Å². The molecule has 1 fully saturated rings. The molecule has 1 aliphatic rings. The Bertz CT molecular complexity index is 814. The first-order chi connectivity index (χ1) is 11.8. The highest BCUT2D eigenvalue weighted by Gasteiger charge is 2.23. The summed E-state index contributed by atoms with van der Waals surface area (Å²) >= 11 is 0. The van der Waals surface area contributed by atoms with E-state index < -0.39 is 0 Å². The molecule has 2 N–H and O–H groups in total. The minimum atomic E-state index is 0.0688. The fraction of sp³-hybridized carbons (Fsp3) is 0.316. The summed E-state index contributed by atoms with van der Waals surface area (Å²) in [5.74, 6) is 0.0688. The SMILES string of the molecule is O=C(c1ccoc1)N1CCC(NCc2cccc3[nH]ccc23)CC1. The first kappa shape index (κ1) is 15.0. The molecular formula is C19H21N3O2. The zero-order valence-corrected chi connectivity index (χ0v) is 13.5. The number of piperidine rings is 1. The average molecular weight is 323 g/mol. The van der Waals surface area contributed by atoms with Crippen molar-refractivity contribution in [2.45, 2.75) is 25.4 Å². The van der Waals surface area contributed by atoms with Gasteiger partial charge in [0.25, 0.3) is 5.91 Å². The molecule has 5 heteroatoms. The monoisotopic (exact) mass is 323 g/mol. The lowest BCUT2D eigenvalue weighted by atomic mass is 10.0. The smallest absolute Gasteiger partial charge is 0.257 e. The van der Waals surface area contributed by atoms with Gasteiger partial charge in [0, 0.05) is 42.8 Å². The van der Waals surface area contributed by atoms with Gasteiger partial charge in [0.1, 0.15) is 6.26 Å². The minimum absolute atomic E-state index is 0.0688. The molecular weight excluding hydrogens is 302 g/mol. The lowest BCUT2D eigenvalue weighted by Crippen LogP contribution is -2.44. The Hall–Kier alpha value is -2.53. The number of amides is 1. The van der Waals surface area contributed by atoms with Gasteiger partial charge in [0.2, 0.25) is 0 Å². The van der Waals surface area contributed by atoms with Crippen LogP contribution in [-0.4, -0.2) is 34.9 Å². The third kappa shape index (κ3) is 2.95. The Morgan fingerprint density at radius 2 is 2.12 bits per heavy atom. The zero-order valence-electron chi connectivity index (χ0n) is 13.5. The van der Waals surface area contributed by atoms with Crippen LogP contribution < -0.4 is 5.32 Å². The highest BCUT2D eigenvalue weighted by Crippen LogP contribution is 2.19. The Balaban J connectivity index is 1.32. The maximum absolute atomic E-state index is 12.3. The lowest BCUT2D eigenvalue weighted by Gasteiger charge is -2.32. The van der Waals surface area contributed by atoms with Crippen LogP contribution in [0.2, 0.25) is 0 Å². The van der Waals surface area contributed by atoms with Crippen LogP contribution in [-0.2, 0) is 6.54 Å². The van der Waals surface area contributed by atoms with E-state index in [4.69, 9.17) is 4.42 Å². The molecule has 0 saturated carbocycles. The van der Waals surface area contributed by atoms with E-state index in [2.05, 4.69) is 34.6 Å². The number of benzene rings is 1. The molecule has 1 saturated heterocycles. The molecule has 3 aromatic rings. The fourth-order valence-corrected chi connectivity index (χ4v) is 3.41. The molecule has 1 aromatic carbocycles. The van der Waals surface area contributed by atoms with Crippen molar-refractivity contribution in [3.63, 3.8) is 0 Å². The van der Waals surface area contributed by atoms with Crippen LogP contribution in [0.1, 0.15) is 28.8 Å². The van der Waals surface area contributed by atoms with E-state index in [1.807, 2.05) is 11.1 Å². The Morgan fingerprint density at radius 1 is 1.25 bits per heavy atom. The van der Waals surface area contributed by atoms with Gasteiger partial charge in [-0.1, -0.05) is 12.1 Å². The van der Waals surface area contributed by atoms with Crippen molar-refractivity contribution >= 4 is 16.8 Å². The number of carbonyl (C=O) groups is 1. The number of likely N-dealkylation sites (tertiary alicyclic amines) is 1. The van der Waals surface area contributed by atoms with Crippen molar-refractivity contribution in [3.05, 3.63) is 60.2 Å². The molecule has 24 heavy (non-hydrogen) atoms. The van der Waals surface area contributed by atoms with E-state index in [9.17, 15) is 4.79 Å². The normalized spacial score (nSPS) is 15.9. The van der Waals surface area contributed by atoms with Gasteiger partial charge in [-0.15, -0.1) is 0 Å². The van der Waals surface area contributed by atoms with Crippen LogP contribution in [0.4, 0.5) is 0 Å². The topological polar surface area (TPSA) is 61.3 Å². The van der Waals surface area contributed by atoms with Gasteiger partial charge in [-0.25, -0.2) is 0 Å². The predicted molar refractivity (Wildman–Crippen MR) is 92.8 cm³/mol. The number of hydrogen-bond donors (Lipinski definition) is 2. The third-order valence-corrected chi connectivity index (χ3v) is 4.82. The van der Waals surface area contributed by atoms with Crippen LogP contribution in [0.5, 0.6) is 0 Å². The standard InChI is InChI=1S/C19H21N3O2/c23-19(15-7-11-24-13-15)22-9-5-16(6-10-22)21-12-14-2-1-3-18-17(14)4-8-20-18/h1-4,7-8,11,13,16,20-21H,5-6,9-10,12H2. The first-order valence-electron chi connectivity index (χ1n) is 8.41. The van der Waals surface area contributed by atoms with Gasteiger partial charge in [-0.05, 0) is 36.6 Å². The number of H-pyrrole nitrogens is 1. The van der Waals surface area contributed by atoms with E-state index in [0.717, 1.165) is 32.5 Å². The molecule has 1 amide bonds. The molecule has 0 bridgehead atoms. The van der Waals surface area contributed by atoms with E-state index in [-0.39, 0.29) is 5.91 Å².